The summed E-state index contributed by atoms with van der Waals surface area (Å²) in [5.74, 6) is -2.67. The van der Waals surface area contributed by atoms with Gasteiger partial charge in [0.05, 0.1) is 12.7 Å². The van der Waals surface area contributed by atoms with E-state index in [4.69, 9.17) is 14.9 Å². The number of benzene rings is 1. The fourth-order valence-electron chi connectivity index (χ4n) is 1.92. The molecule has 0 fully saturated rings. The molecule has 122 valence electrons. The van der Waals surface area contributed by atoms with Crippen molar-refractivity contribution >= 4 is 22.0 Å². The molecule has 9 heteroatoms. The summed E-state index contributed by atoms with van der Waals surface area (Å²) in [6.45, 7) is 2.70. The molecule has 1 unspecified atom stereocenters. The molecule has 0 aliphatic carbocycles. The molecule has 0 aliphatic rings. The standard InChI is InChI=1S/C13H17NO7S/c1-4-14(8(2)12(15)16)22(19,20)11-6-5-9(13(17)18)7-10(11)21-3/h5-8H,4H2,1-3H3,(H,15,16)(H,17,18). The van der Waals surface area contributed by atoms with E-state index in [9.17, 15) is 18.0 Å². The fourth-order valence-corrected chi connectivity index (χ4v) is 3.65. The Morgan fingerprint density at radius 1 is 1.32 bits per heavy atom. The predicted octanol–water partition coefficient (Wildman–Crippen LogP) is 0.877. The van der Waals surface area contributed by atoms with Crippen LogP contribution in [0.3, 0.4) is 0 Å². The summed E-state index contributed by atoms with van der Waals surface area (Å²) < 4.78 is 31.0. The van der Waals surface area contributed by atoms with Crippen LogP contribution < -0.4 is 4.74 Å². The molecule has 0 spiro atoms. The van der Waals surface area contributed by atoms with E-state index in [1.165, 1.54) is 21.0 Å². The van der Waals surface area contributed by atoms with Gasteiger partial charge in [-0.2, -0.15) is 4.31 Å². The molecular formula is C13H17NO7S. The second kappa shape index (κ2) is 6.75. The molecule has 0 saturated carbocycles. The number of nitrogens with zero attached hydrogens (tertiary/aromatic N) is 1. The van der Waals surface area contributed by atoms with Crippen molar-refractivity contribution in [2.75, 3.05) is 13.7 Å². The molecule has 0 radical (unpaired) electrons. The average molecular weight is 331 g/mol. The average Bonchev–Trinajstić information content (AvgIpc) is 2.46. The number of hydrogen-bond donors (Lipinski definition) is 2. The molecule has 1 atom stereocenters. The highest BCUT2D eigenvalue weighted by atomic mass is 32.2. The number of carbonyl (C=O) groups is 2. The Morgan fingerprint density at radius 2 is 1.91 bits per heavy atom. The number of likely N-dealkylation sites (N-methyl/N-ethyl adjacent to an activating group) is 1. The number of ether oxygens (including phenoxy) is 1. The summed E-state index contributed by atoms with van der Waals surface area (Å²) in [6.07, 6.45) is 0. The lowest BCUT2D eigenvalue weighted by atomic mass is 10.2. The molecule has 0 aromatic heterocycles. The molecule has 1 aromatic rings. The number of methoxy groups -OCH3 is 1. The minimum atomic E-state index is -4.15. The van der Waals surface area contributed by atoms with E-state index >= 15 is 0 Å². The molecular weight excluding hydrogens is 314 g/mol. The summed E-state index contributed by atoms with van der Waals surface area (Å²) in [7, 11) is -2.94. The largest absolute Gasteiger partial charge is 0.495 e. The van der Waals surface area contributed by atoms with E-state index in [-0.39, 0.29) is 22.8 Å². The van der Waals surface area contributed by atoms with Crippen LogP contribution in [-0.4, -0.2) is 54.6 Å². The van der Waals surface area contributed by atoms with Gasteiger partial charge in [-0.1, -0.05) is 6.92 Å². The van der Waals surface area contributed by atoms with Crippen LogP contribution in [0.2, 0.25) is 0 Å². The van der Waals surface area contributed by atoms with Gasteiger partial charge in [-0.15, -0.1) is 0 Å². The van der Waals surface area contributed by atoms with Gasteiger partial charge < -0.3 is 14.9 Å². The molecule has 0 heterocycles. The van der Waals surface area contributed by atoms with Crippen molar-refractivity contribution in [3.05, 3.63) is 23.8 Å². The van der Waals surface area contributed by atoms with Crippen molar-refractivity contribution in [2.24, 2.45) is 0 Å². The third-order valence-corrected chi connectivity index (χ3v) is 5.18. The molecule has 22 heavy (non-hydrogen) atoms. The maximum atomic E-state index is 12.6. The van der Waals surface area contributed by atoms with Gasteiger partial charge in [-0.25, -0.2) is 13.2 Å². The molecule has 1 rings (SSSR count). The maximum Gasteiger partial charge on any atom is 0.335 e. The molecule has 0 saturated heterocycles. The van der Waals surface area contributed by atoms with E-state index in [0.717, 1.165) is 22.5 Å². The molecule has 0 aliphatic heterocycles. The third-order valence-electron chi connectivity index (χ3n) is 3.10. The normalized spacial score (nSPS) is 12.9. The van der Waals surface area contributed by atoms with Gasteiger partial charge in [0.1, 0.15) is 16.7 Å². The van der Waals surface area contributed by atoms with Crippen molar-refractivity contribution in [2.45, 2.75) is 24.8 Å². The molecule has 0 amide bonds. The lowest BCUT2D eigenvalue weighted by Gasteiger charge is -2.25. The lowest BCUT2D eigenvalue weighted by Crippen LogP contribution is -2.43. The molecule has 2 N–H and O–H groups in total. The Hall–Kier alpha value is -2.13. The van der Waals surface area contributed by atoms with E-state index < -0.39 is 28.0 Å². The van der Waals surface area contributed by atoms with Crippen LogP contribution in [0.1, 0.15) is 24.2 Å². The Labute approximate surface area is 128 Å². The molecule has 0 bridgehead atoms. The van der Waals surface area contributed by atoms with Gasteiger partial charge in [-0.05, 0) is 25.1 Å². The first-order chi connectivity index (χ1) is 10.2. The van der Waals surface area contributed by atoms with E-state index in [2.05, 4.69) is 0 Å². The van der Waals surface area contributed by atoms with Gasteiger partial charge in [0, 0.05) is 6.54 Å². The summed E-state index contributed by atoms with van der Waals surface area (Å²) >= 11 is 0. The number of sulfonamides is 1. The first-order valence-electron chi connectivity index (χ1n) is 6.32. The van der Waals surface area contributed by atoms with Crippen molar-refractivity contribution in [3.63, 3.8) is 0 Å². The Bertz CT molecular complexity index is 684. The van der Waals surface area contributed by atoms with Crippen molar-refractivity contribution in [1.29, 1.82) is 0 Å². The van der Waals surface area contributed by atoms with E-state index in [1.54, 1.807) is 0 Å². The number of aromatic carboxylic acids is 1. The van der Waals surface area contributed by atoms with Crippen LogP contribution in [-0.2, 0) is 14.8 Å². The van der Waals surface area contributed by atoms with Crippen molar-refractivity contribution < 1.29 is 33.0 Å². The van der Waals surface area contributed by atoms with Crippen LogP contribution in [0, 0.1) is 0 Å². The van der Waals surface area contributed by atoms with Crippen LogP contribution in [0.25, 0.3) is 0 Å². The van der Waals surface area contributed by atoms with Crippen LogP contribution in [0.4, 0.5) is 0 Å². The Balaban J connectivity index is 3.44. The number of carboxylic acids is 2. The van der Waals surface area contributed by atoms with Crippen LogP contribution in [0.5, 0.6) is 5.75 Å². The van der Waals surface area contributed by atoms with Crippen molar-refractivity contribution in [1.82, 2.24) is 4.31 Å². The summed E-state index contributed by atoms with van der Waals surface area (Å²) in [6, 6.07) is 2.03. The first-order valence-corrected chi connectivity index (χ1v) is 7.76. The third kappa shape index (κ3) is 3.37. The van der Waals surface area contributed by atoms with Gasteiger partial charge in [0.25, 0.3) is 0 Å². The van der Waals surface area contributed by atoms with Gasteiger partial charge in [0.2, 0.25) is 10.0 Å². The van der Waals surface area contributed by atoms with E-state index in [0.29, 0.717) is 0 Å². The fraction of sp³-hybridized carbons (Fsp3) is 0.385. The van der Waals surface area contributed by atoms with Gasteiger partial charge in [-0.3, -0.25) is 4.79 Å². The SMILES string of the molecule is CCN(C(C)C(=O)O)S(=O)(=O)c1ccc(C(=O)O)cc1OC. The quantitative estimate of drug-likeness (QED) is 0.760. The number of carboxylic acid groups (broad SMARTS) is 2. The highest BCUT2D eigenvalue weighted by Gasteiger charge is 2.33. The zero-order chi connectivity index (χ0) is 17.1. The minimum Gasteiger partial charge on any atom is -0.495 e. The Kier molecular flexibility index (Phi) is 5.50. The zero-order valence-electron chi connectivity index (χ0n) is 12.3. The molecule has 1 aromatic carbocycles. The number of aliphatic carboxylic acids is 1. The first kappa shape index (κ1) is 17.9. The second-order valence-electron chi connectivity index (χ2n) is 4.39. The summed E-state index contributed by atoms with van der Waals surface area (Å²) in [4.78, 5) is 21.7. The van der Waals surface area contributed by atoms with Crippen LogP contribution >= 0.6 is 0 Å². The minimum absolute atomic E-state index is 0.0559. The topological polar surface area (TPSA) is 121 Å². The van der Waals surface area contributed by atoms with Crippen LogP contribution in [0.15, 0.2) is 23.1 Å². The molecule has 8 nitrogen and oxygen atoms in total. The zero-order valence-corrected chi connectivity index (χ0v) is 13.1. The smallest absolute Gasteiger partial charge is 0.335 e. The predicted molar refractivity (Wildman–Crippen MR) is 76.6 cm³/mol. The maximum absolute atomic E-state index is 12.6. The summed E-state index contributed by atoms with van der Waals surface area (Å²) in [5, 5.41) is 17.9. The van der Waals surface area contributed by atoms with Gasteiger partial charge in [0.15, 0.2) is 0 Å². The highest BCUT2D eigenvalue weighted by Crippen LogP contribution is 2.29. The second-order valence-corrected chi connectivity index (χ2v) is 6.25. The van der Waals surface area contributed by atoms with E-state index in [1.807, 2.05) is 0 Å². The monoisotopic (exact) mass is 331 g/mol. The summed E-state index contributed by atoms with van der Waals surface area (Å²) in [5.41, 5.74) is -0.134. The lowest BCUT2D eigenvalue weighted by molar-refractivity contribution is -0.140. The number of rotatable bonds is 7. The van der Waals surface area contributed by atoms with Gasteiger partial charge >= 0.3 is 11.9 Å². The number of hydrogen-bond acceptors (Lipinski definition) is 5. The van der Waals surface area contributed by atoms with Crippen molar-refractivity contribution in [3.8, 4) is 5.75 Å². The highest BCUT2D eigenvalue weighted by molar-refractivity contribution is 7.89. The Morgan fingerprint density at radius 3 is 2.32 bits per heavy atom.